The van der Waals surface area contributed by atoms with Crippen LogP contribution in [0.4, 0.5) is 0 Å². The Morgan fingerprint density at radius 2 is 1.65 bits per heavy atom. The van der Waals surface area contributed by atoms with Crippen LogP contribution >= 0.6 is 0 Å². The van der Waals surface area contributed by atoms with Crippen molar-refractivity contribution >= 4 is 21.9 Å². The summed E-state index contributed by atoms with van der Waals surface area (Å²) in [6.07, 6.45) is 0. The molecule has 1 aromatic heterocycles. The zero-order valence-corrected chi connectivity index (χ0v) is 17.6. The van der Waals surface area contributed by atoms with E-state index < -0.39 is 0 Å². The van der Waals surface area contributed by atoms with Gasteiger partial charge < -0.3 is 9.73 Å². The Morgan fingerprint density at radius 1 is 0.962 bits per heavy atom. The van der Waals surface area contributed by atoms with Gasteiger partial charge in [-0.1, -0.05) is 66.7 Å². The Balaban J connectivity index is 2.41. The lowest BCUT2D eigenvalue weighted by Gasteiger charge is -2.22. The number of rotatable bonds is 3. The van der Waals surface area contributed by atoms with Gasteiger partial charge in [-0.15, -0.1) is 0 Å². The van der Waals surface area contributed by atoms with Crippen molar-refractivity contribution in [3.05, 3.63) is 47.0 Å². The van der Waals surface area contributed by atoms with E-state index in [1.807, 2.05) is 0 Å². The molecule has 3 aromatic rings. The Morgan fingerprint density at radius 3 is 2.23 bits per heavy atom. The van der Waals surface area contributed by atoms with E-state index in [0.717, 1.165) is 17.7 Å². The van der Waals surface area contributed by atoms with Crippen molar-refractivity contribution in [3.8, 4) is 0 Å². The third-order valence-electron chi connectivity index (χ3n) is 5.30. The lowest BCUT2D eigenvalue weighted by Crippen LogP contribution is -2.18. The normalized spacial score (nSPS) is 14.3. The largest absolute Gasteiger partial charge is 0.456 e. The molecule has 26 heavy (non-hydrogen) atoms. The molecule has 1 N–H and O–H groups in total. The van der Waals surface area contributed by atoms with Gasteiger partial charge in [-0.3, -0.25) is 0 Å². The fourth-order valence-electron chi connectivity index (χ4n) is 3.74. The number of benzene rings is 2. The Labute approximate surface area is 158 Å². The molecular formula is C24H33NO. The van der Waals surface area contributed by atoms with Crippen molar-refractivity contribution in [2.75, 3.05) is 6.54 Å². The summed E-state index contributed by atoms with van der Waals surface area (Å²) >= 11 is 0. The molecule has 0 fully saturated rings. The zero-order chi connectivity index (χ0) is 19.3. The van der Waals surface area contributed by atoms with Crippen LogP contribution in [0.1, 0.15) is 78.1 Å². The minimum Gasteiger partial charge on any atom is -0.456 e. The van der Waals surface area contributed by atoms with Gasteiger partial charge in [0.15, 0.2) is 0 Å². The number of furan rings is 1. The second-order valence-electron chi connectivity index (χ2n) is 9.50. The van der Waals surface area contributed by atoms with Crippen LogP contribution in [0.2, 0.25) is 0 Å². The van der Waals surface area contributed by atoms with Crippen LogP contribution in [0, 0.1) is 0 Å². The summed E-state index contributed by atoms with van der Waals surface area (Å²) in [5.41, 5.74) is 6.12. The zero-order valence-electron chi connectivity index (χ0n) is 17.6. The Bertz CT molecular complexity index is 935. The first-order valence-electron chi connectivity index (χ1n) is 9.77. The summed E-state index contributed by atoms with van der Waals surface area (Å²) in [7, 11) is 0. The van der Waals surface area contributed by atoms with Crippen molar-refractivity contribution in [1.82, 2.24) is 5.32 Å². The van der Waals surface area contributed by atoms with Crippen LogP contribution in [-0.4, -0.2) is 6.54 Å². The topological polar surface area (TPSA) is 25.2 Å². The van der Waals surface area contributed by atoms with Gasteiger partial charge >= 0.3 is 0 Å². The van der Waals surface area contributed by atoms with E-state index in [1.54, 1.807) is 0 Å². The third-order valence-corrected chi connectivity index (χ3v) is 5.30. The molecule has 0 saturated heterocycles. The first-order valence-corrected chi connectivity index (χ1v) is 9.77. The highest BCUT2D eigenvalue weighted by Gasteiger charge is 2.25. The van der Waals surface area contributed by atoms with Gasteiger partial charge in [0.2, 0.25) is 0 Å². The van der Waals surface area contributed by atoms with E-state index in [4.69, 9.17) is 4.42 Å². The predicted octanol–water partition coefficient (Wildman–Crippen LogP) is 6.85. The van der Waals surface area contributed by atoms with E-state index in [-0.39, 0.29) is 16.9 Å². The molecule has 2 nitrogen and oxygen atoms in total. The monoisotopic (exact) mass is 351 g/mol. The second kappa shape index (κ2) is 6.42. The van der Waals surface area contributed by atoms with Crippen molar-refractivity contribution in [1.29, 1.82) is 0 Å². The van der Waals surface area contributed by atoms with Gasteiger partial charge in [-0.05, 0) is 47.6 Å². The SMILES string of the molecule is CCNC(C)c1ccc(C(C)(C)C)c2oc3ccc(C(C)(C)C)cc3c12. The molecule has 0 aliphatic heterocycles. The number of fused-ring (bicyclic) bond motifs is 3. The van der Waals surface area contributed by atoms with Crippen LogP contribution in [-0.2, 0) is 10.8 Å². The van der Waals surface area contributed by atoms with Crippen LogP contribution in [0.15, 0.2) is 34.7 Å². The predicted molar refractivity (Wildman–Crippen MR) is 113 cm³/mol. The molecule has 2 heteroatoms. The number of hydrogen-bond acceptors (Lipinski definition) is 2. The quantitative estimate of drug-likeness (QED) is 0.558. The van der Waals surface area contributed by atoms with Crippen molar-refractivity contribution < 1.29 is 4.42 Å². The molecular weight excluding hydrogens is 318 g/mol. The molecule has 0 saturated carbocycles. The van der Waals surface area contributed by atoms with Crippen LogP contribution in [0.3, 0.4) is 0 Å². The first kappa shape index (κ1) is 19.0. The van der Waals surface area contributed by atoms with Gasteiger partial charge in [-0.25, -0.2) is 0 Å². The lowest BCUT2D eigenvalue weighted by atomic mass is 9.83. The maximum Gasteiger partial charge on any atom is 0.139 e. The van der Waals surface area contributed by atoms with E-state index in [2.05, 4.69) is 91.0 Å². The molecule has 0 radical (unpaired) electrons. The molecule has 0 spiro atoms. The van der Waals surface area contributed by atoms with Gasteiger partial charge in [0.1, 0.15) is 11.2 Å². The summed E-state index contributed by atoms with van der Waals surface area (Å²) in [5, 5.41) is 6.07. The molecule has 1 heterocycles. The Hall–Kier alpha value is -1.80. The first-order chi connectivity index (χ1) is 12.0. The highest BCUT2D eigenvalue weighted by molar-refractivity contribution is 6.08. The van der Waals surface area contributed by atoms with E-state index in [9.17, 15) is 0 Å². The minimum atomic E-state index is 0.0406. The maximum atomic E-state index is 6.42. The number of nitrogens with one attached hydrogen (secondary N) is 1. The van der Waals surface area contributed by atoms with E-state index in [0.29, 0.717) is 0 Å². The molecule has 140 valence electrons. The van der Waals surface area contributed by atoms with Crippen molar-refractivity contribution in [2.45, 2.75) is 72.3 Å². The number of hydrogen-bond donors (Lipinski definition) is 1. The van der Waals surface area contributed by atoms with Crippen molar-refractivity contribution in [3.63, 3.8) is 0 Å². The average Bonchev–Trinajstić information content (AvgIpc) is 2.90. The summed E-state index contributed by atoms with van der Waals surface area (Å²) in [4.78, 5) is 0. The molecule has 0 aliphatic carbocycles. The summed E-state index contributed by atoms with van der Waals surface area (Å²) < 4.78 is 6.42. The molecule has 3 rings (SSSR count). The fourth-order valence-corrected chi connectivity index (χ4v) is 3.74. The molecule has 0 bridgehead atoms. The van der Waals surface area contributed by atoms with E-state index in [1.165, 1.54) is 27.5 Å². The van der Waals surface area contributed by atoms with Gasteiger partial charge in [-0.2, -0.15) is 0 Å². The smallest absolute Gasteiger partial charge is 0.139 e. The van der Waals surface area contributed by atoms with Crippen LogP contribution in [0.25, 0.3) is 21.9 Å². The Kier molecular flexibility index (Phi) is 4.69. The van der Waals surface area contributed by atoms with Crippen LogP contribution < -0.4 is 5.32 Å². The molecule has 1 atom stereocenters. The van der Waals surface area contributed by atoms with Gasteiger partial charge in [0.25, 0.3) is 0 Å². The highest BCUT2D eigenvalue weighted by atomic mass is 16.3. The molecule has 0 amide bonds. The molecule has 0 aliphatic rings. The maximum absolute atomic E-state index is 6.42. The lowest BCUT2D eigenvalue weighted by molar-refractivity contribution is 0.569. The summed E-state index contributed by atoms with van der Waals surface area (Å²) in [6, 6.07) is 11.5. The summed E-state index contributed by atoms with van der Waals surface area (Å²) in [5.74, 6) is 0. The third kappa shape index (κ3) is 3.27. The van der Waals surface area contributed by atoms with Gasteiger partial charge in [0, 0.05) is 22.4 Å². The second-order valence-corrected chi connectivity index (χ2v) is 9.50. The van der Waals surface area contributed by atoms with Gasteiger partial charge in [0.05, 0.1) is 0 Å². The highest BCUT2D eigenvalue weighted by Crippen LogP contribution is 2.41. The standard InChI is InChI=1S/C24H33NO/c1-9-25-15(2)17-11-12-19(24(6,7)8)22-21(17)18-14-16(23(3,4)5)10-13-20(18)26-22/h10-15,25H,9H2,1-8H3. The van der Waals surface area contributed by atoms with E-state index >= 15 is 0 Å². The van der Waals surface area contributed by atoms with Crippen molar-refractivity contribution in [2.24, 2.45) is 0 Å². The summed E-state index contributed by atoms with van der Waals surface area (Å²) in [6.45, 7) is 18.9. The van der Waals surface area contributed by atoms with Crippen LogP contribution in [0.5, 0.6) is 0 Å². The average molecular weight is 352 g/mol. The molecule has 1 unspecified atom stereocenters. The minimum absolute atomic E-state index is 0.0406. The molecule has 2 aromatic carbocycles. The fraction of sp³-hybridized carbons (Fsp3) is 0.500.